The van der Waals surface area contributed by atoms with Crippen molar-refractivity contribution in [1.82, 2.24) is 0 Å². The number of anilines is 1. The molecule has 1 fully saturated rings. The van der Waals surface area contributed by atoms with Gasteiger partial charge in [-0.1, -0.05) is 44.4 Å². The average molecular weight is 259 g/mol. The van der Waals surface area contributed by atoms with Crippen LogP contribution in [0.3, 0.4) is 0 Å². The molecule has 0 bridgehead atoms. The van der Waals surface area contributed by atoms with E-state index in [2.05, 4.69) is 51.2 Å². The van der Waals surface area contributed by atoms with Gasteiger partial charge in [-0.25, -0.2) is 0 Å². The van der Waals surface area contributed by atoms with E-state index >= 15 is 0 Å². The third-order valence-electron chi connectivity index (χ3n) is 4.33. The molecule has 0 aromatic heterocycles. The van der Waals surface area contributed by atoms with Crippen molar-refractivity contribution in [2.75, 3.05) is 5.32 Å². The highest BCUT2D eigenvalue weighted by molar-refractivity contribution is 5.52. The second-order valence-electron chi connectivity index (χ2n) is 6.82. The van der Waals surface area contributed by atoms with Crippen molar-refractivity contribution in [2.24, 2.45) is 11.8 Å². The normalized spacial score (nSPS) is 23.6. The predicted octanol–water partition coefficient (Wildman–Crippen LogP) is 5.32. The van der Waals surface area contributed by atoms with Gasteiger partial charge in [0, 0.05) is 11.7 Å². The molecular formula is C18H29N. The fraction of sp³-hybridized carbons (Fsp3) is 0.667. The fourth-order valence-corrected chi connectivity index (χ4v) is 3.50. The minimum absolute atomic E-state index is 0.680. The molecular weight excluding hydrogens is 230 g/mol. The van der Waals surface area contributed by atoms with Crippen LogP contribution in [0.5, 0.6) is 0 Å². The molecule has 1 nitrogen and oxygen atoms in total. The summed E-state index contributed by atoms with van der Waals surface area (Å²) in [5.74, 6) is 1.77. The third kappa shape index (κ3) is 4.26. The lowest BCUT2D eigenvalue weighted by Crippen LogP contribution is -2.28. The zero-order valence-electron chi connectivity index (χ0n) is 13.0. The van der Waals surface area contributed by atoms with E-state index in [4.69, 9.17) is 0 Å². The van der Waals surface area contributed by atoms with Gasteiger partial charge in [0.15, 0.2) is 0 Å². The van der Waals surface area contributed by atoms with Gasteiger partial charge in [-0.2, -0.15) is 0 Å². The molecule has 1 aliphatic rings. The summed E-state index contributed by atoms with van der Waals surface area (Å²) in [5, 5.41) is 3.78. The van der Waals surface area contributed by atoms with Crippen LogP contribution in [0.2, 0.25) is 0 Å². The number of hydrogen-bond acceptors (Lipinski definition) is 1. The van der Waals surface area contributed by atoms with Gasteiger partial charge in [-0.3, -0.25) is 0 Å². The van der Waals surface area contributed by atoms with E-state index in [0.717, 1.165) is 11.8 Å². The first kappa shape index (κ1) is 14.4. The number of rotatable bonds is 4. The number of hydrogen-bond donors (Lipinski definition) is 1. The molecule has 1 N–H and O–H groups in total. The van der Waals surface area contributed by atoms with Crippen molar-refractivity contribution in [1.29, 1.82) is 0 Å². The monoisotopic (exact) mass is 259 g/mol. The first-order valence-electron chi connectivity index (χ1n) is 7.88. The molecule has 1 heteroatoms. The van der Waals surface area contributed by atoms with Crippen LogP contribution in [0.15, 0.2) is 18.2 Å². The second-order valence-corrected chi connectivity index (χ2v) is 6.82. The molecule has 0 heterocycles. The molecule has 2 atom stereocenters. The summed E-state index contributed by atoms with van der Waals surface area (Å²) >= 11 is 0. The highest BCUT2D eigenvalue weighted by Gasteiger charge is 2.22. The summed E-state index contributed by atoms with van der Waals surface area (Å²) in [5.41, 5.74) is 4.07. The molecule has 0 amide bonds. The molecule has 2 unspecified atom stereocenters. The van der Waals surface area contributed by atoms with Crippen LogP contribution in [0.4, 0.5) is 5.69 Å². The van der Waals surface area contributed by atoms with Crippen molar-refractivity contribution in [3.05, 3.63) is 29.3 Å². The average Bonchev–Trinajstić information content (AvgIpc) is 2.32. The minimum atomic E-state index is 0.680. The van der Waals surface area contributed by atoms with Gasteiger partial charge in [0.1, 0.15) is 0 Å². The first-order valence-corrected chi connectivity index (χ1v) is 7.88. The third-order valence-corrected chi connectivity index (χ3v) is 4.33. The summed E-state index contributed by atoms with van der Waals surface area (Å²) in [7, 11) is 0. The Morgan fingerprint density at radius 3 is 2.68 bits per heavy atom. The van der Waals surface area contributed by atoms with Gasteiger partial charge in [0.25, 0.3) is 0 Å². The van der Waals surface area contributed by atoms with Gasteiger partial charge in [-0.15, -0.1) is 0 Å². The zero-order valence-corrected chi connectivity index (χ0v) is 13.0. The lowest BCUT2D eigenvalue weighted by molar-refractivity contribution is 0.289. The van der Waals surface area contributed by atoms with Crippen LogP contribution in [0.25, 0.3) is 0 Å². The SMILES string of the molecule is Cc1ccc(NC2CCCC(CC(C)C)C2)c(C)c1. The number of aryl methyl sites for hydroxylation is 2. The van der Waals surface area contributed by atoms with Crippen LogP contribution in [-0.2, 0) is 0 Å². The van der Waals surface area contributed by atoms with E-state index in [1.165, 1.54) is 48.9 Å². The predicted molar refractivity (Wildman–Crippen MR) is 84.7 cm³/mol. The molecule has 1 saturated carbocycles. The smallest absolute Gasteiger partial charge is 0.0372 e. The quantitative estimate of drug-likeness (QED) is 0.771. The Labute approximate surface area is 118 Å². The molecule has 0 radical (unpaired) electrons. The van der Waals surface area contributed by atoms with Gasteiger partial charge in [0.05, 0.1) is 0 Å². The standard InChI is InChI=1S/C18H29N/c1-13(2)10-16-6-5-7-17(12-16)19-18-9-8-14(3)11-15(18)4/h8-9,11,13,16-17,19H,5-7,10,12H2,1-4H3. The lowest BCUT2D eigenvalue weighted by Gasteiger charge is -2.31. The first-order chi connectivity index (χ1) is 9.04. The largest absolute Gasteiger partial charge is 0.382 e. The highest BCUT2D eigenvalue weighted by atomic mass is 14.9. The summed E-state index contributed by atoms with van der Waals surface area (Å²) in [6, 6.07) is 7.41. The fourth-order valence-electron chi connectivity index (χ4n) is 3.50. The molecule has 106 valence electrons. The van der Waals surface area contributed by atoms with Crippen molar-refractivity contribution >= 4 is 5.69 Å². The number of benzene rings is 1. The second kappa shape index (κ2) is 6.45. The van der Waals surface area contributed by atoms with Gasteiger partial charge in [-0.05, 0) is 56.6 Å². The molecule has 19 heavy (non-hydrogen) atoms. The van der Waals surface area contributed by atoms with Crippen LogP contribution >= 0.6 is 0 Å². The van der Waals surface area contributed by atoms with Crippen molar-refractivity contribution in [2.45, 2.75) is 65.8 Å². The summed E-state index contributed by atoms with van der Waals surface area (Å²) < 4.78 is 0. The van der Waals surface area contributed by atoms with E-state index in [9.17, 15) is 0 Å². The van der Waals surface area contributed by atoms with E-state index in [0.29, 0.717) is 6.04 Å². The van der Waals surface area contributed by atoms with Gasteiger partial charge >= 0.3 is 0 Å². The summed E-state index contributed by atoms with van der Waals surface area (Å²) in [6.07, 6.45) is 6.90. The molecule has 0 saturated heterocycles. The van der Waals surface area contributed by atoms with E-state index in [-0.39, 0.29) is 0 Å². The van der Waals surface area contributed by atoms with Crippen molar-refractivity contribution < 1.29 is 0 Å². The maximum absolute atomic E-state index is 3.78. The Morgan fingerprint density at radius 2 is 2.00 bits per heavy atom. The maximum atomic E-state index is 3.78. The van der Waals surface area contributed by atoms with Gasteiger partial charge in [0.2, 0.25) is 0 Å². The molecule has 1 aromatic rings. The number of nitrogens with one attached hydrogen (secondary N) is 1. The Kier molecular flexibility index (Phi) is 4.90. The Balaban J connectivity index is 1.94. The lowest BCUT2D eigenvalue weighted by atomic mass is 9.81. The Bertz CT molecular complexity index is 408. The van der Waals surface area contributed by atoms with E-state index in [1.807, 2.05) is 0 Å². The highest BCUT2D eigenvalue weighted by Crippen LogP contribution is 2.31. The maximum Gasteiger partial charge on any atom is 0.0372 e. The van der Waals surface area contributed by atoms with E-state index in [1.54, 1.807) is 0 Å². The van der Waals surface area contributed by atoms with Crippen LogP contribution in [-0.4, -0.2) is 6.04 Å². The van der Waals surface area contributed by atoms with Gasteiger partial charge < -0.3 is 5.32 Å². The van der Waals surface area contributed by atoms with Crippen LogP contribution in [0.1, 0.15) is 57.1 Å². The van der Waals surface area contributed by atoms with Crippen LogP contribution < -0.4 is 5.32 Å². The van der Waals surface area contributed by atoms with Crippen molar-refractivity contribution in [3.63, 3.8) is 0 Å². The van der Waals surface area contributed by atoms with E-state index < -0.39 is 0 Å². The molecule has 2 rings (SSSR count). The molecule has 1 aromatic carbocycles. The molecule has 0 aliphatic heterocycles. The van der Waals surface area contributed by atoms with Crippen molar-refractivity contribution in [3.8, 4) is 0 Å². The summed E-state index contributed by atoms with van der Waals surface area (Å²) in [6.45, 7) is 9.07. The topological polar surface area (TPSA) is 12.0 Å². The Hall–Kier alpha value is -0.980. The van der Waals surface area contributed by atoms with Crippen LogP contribution in [0, 0.1) is 25.7 Å². The molecule has 1 aliphatic carbocycles. The minimum Gasteiger partial charge on any atom is -0.382 e. The molecule has 0 spiro atoms. The zero-order chi connectivity index (χ0) is 13.8. The summed E-state index contributed by atoms with van der Waals surface area (Å²) in [4.78, 5) is 0. The Morgan fingerprint density at radius 1 is 1.21 bits per heavy atom.